The fourth-order valence-electron chi connectivity index (χ4n) is 2.69. The molecule has 0 saturated heterocycles. The molecule has 1 N–H and O–H groups in total. The van der Waals surface area contributed by atoms with Crippen LogP contribution in [0.15, 0.2) is 23.6 Å². The number of ether oxygens (including phenoxy) is 1. The second kappa shape index (κ2) is 7.47. The summed E-state index contributed by atoms with van der Waals surface area (Å²) in [6, 6.07) is 5.47. The molecule has 8 heteroatoms. The molecule has 0 saturated carbocycles. The molecule has 2 aromatic heterocycles. The molecule has 0 radical (unpaired) electrons. The second-order valence-corrected chi connectivity index (χ2v) is 7.15. The van der Waals surface area contributed by atoms with Gasteiger partial charge in [0.15, 0.2) is 5.13 Å². The van der Waals surface area contributed by atoms with Crippen LogP contribution in [0.3, 0.4) is 0 Å². The second-order valence-electron chi connectivity index (χ2n) is 5.89. The molecule has 2 heterocycles. The van der Waals surface area contributed by atoms with Gasteiger partial charge in [0.1, 0.15) is 5.75 Å². The van der Waals surface area contributed by atoms with Crippen molar-refractivity contribution in [2.75, 3.05) is 12.4 Å². The van der Waals surface area contributed by atoms with Crippen LogP contribution in [0.1, 0.15) is 17.0 Å². The maximum Gasteiger partial charge on any atom is 0.230 e. The quantitative estimate of drug-likeness (QED) is 0.714. The zero-order valence-corrected chi connectivity index (χ0v) is 16.5. The van der Waals surface area contributed by atoms with Crippen molar-refractivity contribution in [2.24, 2.45) is 7.05 Å². The number of hydrogen-bond donors (Lipinski definition) is 1. The van der Waals surface area contributed by atoms with Crippen molar-refractivity contribution in [1.29, 1.82) is 0 Å². The number of anilines is 1. The minimum atomic E-state index is -0.113. The summed E-state index contributed by atoms with van der Waals surface area (Å²) in [5, 5.41) is 10.1. The highest BCUT2D eigenvalue weighted by Gasteiger charge is 2.15. The Bertz CT molecular complexity index is 964. The van der Waals surface area contributed by atoms with Gasteiger partial charge < -0.3 is 10.1 Å². The number of amides is 1. The maximum absolute atomic E-state index is 12.4. The van der Waals surface area contributed by atoms with Crippen molar-refractivity contribution in [3.8, 4) is 17.0 Å². The number of halogens is 1. The van der Waals surface area contributed by atoms with Gasteiger partial charge in [0.2, 0.25) is 5.91 Å². The number of benzene rings is 1. The molecule has 0 atom stereocenters. The van der Waals surface area contributed by atoms with Crippen LogP contribution in [0.4, 0.5) is 5.13 Å². The van der Waals surface area contributed by atoms with E-state index in [1.165, 1.54) is 11.3 Å². The summed E-state index contributed by atoms with van der Waals surface area (Å²) in [5.74, 6) is 0.499. The van der Waals surface area contributed by atoms with Gasteiger partial charge in [0, 0.05) is 29.2 Å². The summed E-state index contributed by atoms with van der Waals surface area (Å²) in [6.45, 7) is 3.86. The van der Waals surface area contributed by atoms with Crippen molar-refractivity contribution in [3.05, 3.63) is 45.6 Å². The number of thiazole rings is 1. The molecule has 0 fully saturated rings. The van der Waals surface area contributed by atoms with Crippen molar-refractivity contribution in [2.45, 2.75) is 20.3 Å². The van der Waals surface area contributed by atoms with Gasteiger partial charge in [0.25, 0.3) is 0 Å². The van der Waals surface area contributed by atoms with E-state index in [-0.39, 0.29) is 12.3 Å². The van der Waals surface area contributed by atoms with E-state index in [1.54, 1.807) is 23.9 Å². The summed E-state index contributed by atoms with van der Waals surface area (Å²) in [4.78, 5) is 16.8. The van der Waals surface area contributed by atoms with Gasteiger partial charge in [-0.1, -0.05) is 11.6 Å². The highest BCUT2D eigenvalue weighted by atomic mass is 35.5. The molecule has 6 nitrogen and oxygen atoms in total. The van der Waals surface area contributed by atoms with Crippen LogP contribution in [0, 0.1) is 13.8 Å². The predicted molar refractivity (Wildman–Crippen MR) is 104 cm³/mol. The minimum Gasteiger partial charge on any atom is -0.495 e. The average molecular weight is 391 g/mol. The van der Waals surface area contributed by atoms with Crippen molar-refractivity contribution in [1.82, 2.24) is 14.8 Å². The van der Waals surface area contributed by atoms with Crippen LogP contribution in [0.5, 0.6) is 5.75 Å². The van der Waals surface area contributed by atoms with E-state index < -0.39 is 0 Å². The Morgan fingerprint density at radius 2 is 2.15 bits per heavy atom. The summed E-state index contributed by atoms with van der Waals surface area (Å²) in [6.07, 6.45) is 0.273. The first-order valence-electron chi connectivity index (χ1n) is 7.97. The van der Waals surface area contributed by atoms with E-state index in [9.17, 15) is 4.79 Å². The SMILES string of the molecule is COc1ccc(-c2csc(NC(=O)Cc3c(C)nn(C)c3C)n2)cc1Cl. The average Bonchev–Trinajstić information content (AvgIpc) is 3.15. The first-order valence-corrected chi connectivity index (χ1v) is 9.23. The monoisotopic (exact) mass is 390 g/mol. The highest BCUT2D eigenvalue weighted by molar-refractivity contribution is 7.14. The van der Waals surface area contributed by atoms with Gasteiger partial charge >= 0.3 is 0 Å². The molecule has 26 heavy (non-hydrogen) atoms. The topological polar surface area (TPSA) is 69.0 Å². The van der Waals surface area contributed by atoms with Crippen LogP contribution in [-0.4, -0.2) is 27.8 Å². The number of nitrogens with one attached hydrogen (secondary N) is 1. The number of methoxy groups -OCH3 is 1. The number of hydrogen-bond acceptors (Lipinski definition) is 5. The van der Waals surface area contributed by atoms with Crippen molar-refractivity contribution >= 4 is 34.0 Å². The molecule has 0 aliphatic carbocycles. The maximum atomic E-state index is 12.4. The molecule has 1 aromatic carbocycles. The fourth-order valence-corrected chi connectivity index (χ4v) is 3.68. The van der Waals surface area contributed by atoms with Crippen LogP contribution < -0.4 is 10.1 Å². The molecule has 0 aliphatic heterocycles. The minimum absolute atomic E-state index is 0.113. The smallest absolute Gasteiger partial charge is 0.230 e. The lowest BCUT2D eigenvalue weighted by atomic mass is 10.1. The lowest BCUT2D eigenvalue weighted by molar-refractivity contribution is -0.115. The summed E-state index contributed by atoms with van der Waals surface area (Å²) >= 11 is 7.54. The molecule has 3 rings (SSSR count). The summed E-state index contributed by atoms with van der Waals surface area (Å²) < 4.78 is 6.94. The number of aromatic nitrogens is 3. The molecule has 1 amide bonds. The largest absolute Gasteiger partial charge is 0.495 e. The molecule has 136 valence electrons. The normalized spacial score (nSPS) is 10.8. The predicted octanol–water partition coefficient (Wildman–Crippen LogP) is 4.00. The molecular weight excluding hydrogens is 372 g/mol. The Labute approximate surface area is 160 Å². The molecule has 0 spiro atoms. The van der Waals surface area contributed by atoms with Crippen LogP contribution in [-0.2, 0) is 18.3 Å². The Morgan fingerprint density at radius 1 is 1.38 bits per heavy atom. The van der Waals surface area contributed by atoms with Gasteiger partial charge in [-0.2, -0.15) is 5.10 Å². The number of aryl methyl sites for hydroxylation is 2. The van der Waals surface area contributed by atoms with Gasteiger partial charge in [0.05, 0.1) is 29.9 Å². The Balaban J connectivity index is 1.72. The van der Waals surface area contributed by atoms with Gasteiger partial charge in [-0.05, 0) is 32.0 Å². The number of carbonyl (C=O) groups excluding carboxylic acids is 1. The van der Waals surface area contributed by atoms with Crippen LogP contribution >= 0.6 is 22.9 Å². The number of carbonyl (C=O) groups is 1. The van der Waals surface area contributed by atoms with Crippen LogP contribution in [0.25, 0.3) is 11.3 Å². The number of rotatable bonds is 5. The van der Waals surface area contributed by atoms with E-state index in [2.05, 4.69) is 15.4 Å². The van der Waals surface area contributed by atoms with Gasteiger partial charge in [-0.3, -0.25) is 9.48 Å². The summed E-state index contributed by atoms with van der Waals surface area (Å²) in [7, 11) is 3.44. The first-order chi connectivity index (χ1) is 12.4. The lowest BCUT2D eigenvalue weighted by Gasteiger charge is -2.04. The third-order valence-electron chi connectivity index (χ3n) is 4.19. The zero-order chi connectivity index (χ0) is 18.8. The van der Waals surface area contributed by atoms with Crippen LogP contribution in [0.2, 0.25) is 5.02 Å². The van der Waals surface area contributed by atoms with Gasteiger partial charge in [-0.15, -0.1) is 11.3 Å². The Kier molecular flexibility index (Phi) is 5.29. The Hall–Kier alpha value is -2.38. The van der Waals surface area contributed by atoms with Gasteiger partial charge in [-0.25, -0.2) is 4.98 Å². The van der Waals surface area contributed by atoms with E-state index in [4.69, 9.17) is 16.3 Å². The first kappa shape index (κ1) is 18.4. The molecule has 0 aliphatic rings. The van der Waals surface area contributed by atoms with E-state index >= 15 is 0 Å². The third kappa shape index (κ3) is 3.73. The standard InChI is InChI=1S/C18H19ClN4O2S/c1-10-13(11(2)23(3)22-10)8-17(24)21-18-20-15(9-26-18)12-5-6-16(25-4)14(19)7-12/h5-7,9H,8H2,1-4H3,(H,20,21,24). The van der Waals surface area contributed by atoms with E-state index in [0.29, 0.717) is 15.9 Å². The zero-order valence-electron chi connectivity index (χ0n) is 15.0. The highest BCUT2D eigenvalue weighted by Crippen LogP contribution is 2.31. The molecule has 3 aromatic rings. The summed E-state index contributed by atoms with van der Waals surface area (Å²) in [5.41, 5.74) is 4.43. The van der Waals surface area contributed by atoms with E-state index in [0.717, 1.165) is 28.2 Å². The van der Waals surface area contributed by atoms with E-state index in [1.807, 2.05) is 32.3 Å². The van der Waals surface area contributed by atoms with Crippen molar-refractivity contribution < 1.29 is 9.53 Å². The fraction of sp³-hybridized carbons (Fsp3) is 0.278. The molecule has 0 bridgehead atoms. The number of nitrogens with zero attached hydrogens (tertiary/aromatic N) is 3. The van der Waals surface area contributed by atoms with Crippen molar-refractivity contribution in [3.63, 3.8) is 0 Å². The molecular formula is C18H19ClN4O2S. The molecule has 0 unspecified atom stereocenters. The Morgan fingerprint density at radius 3 is 2.77 bits per heavy atom. The lowest BCUT2D eigenvalue weighted by Crippen LogP contribution is -2.15. The third-order valence-corrected chi connectivity index (χ3v) is 5.25.